The van der Waals surface area contributed by atoms with Crippen LogP contribution >= 0.6 is 24.0 Å². The normalized spacial score (nSPS) is 15.2. The number of para-hydroxylation sites is 1. The molecule has 1 N–H and O–H groups in total. The van der Waals surface area contributed by atoms with Crippen molar-refractivity contribution in [2.24, 2.45) is 0 Å². The summed E-state index contributed by atoms with van der Waals surface area (Å²) in [5.41, 5.74) is 1.98. The third kappa shape index (κ3) is 2.55. The Morgan fingerprint density at radius 1 is 1.30 bits per heavy atom. The lowest BCUT2D eigenvalue weighted by atomic mass is 10.1. The van der Waals surface area contributed by atoms with Gasteiger partial charge >= 0.3 is 0 Å². The molecule has 0 aliphatic carbocycles. The van der Waals surface area contributed by atoms with Crippen LogP contribution in [0.25, 0.3) is 10.9 Å². The molecule has 2 aromatic rings. The van der Waals surface area contributed by atoms with Crippen LogP contribution in [0, 0.1) is 12.7 Å². The molecule has 0 saturated carbocycles. The van der Waals surface area contributed by atoms with Crippen LogP contribution in [0.3, 0.4) is 0 Å². The quantitative estimate of drug-likeness (QED) is 0.876. The van der Waals surface area contributed by atoms with E-state index in [9.17, 15) is 4.39 Å². The zero-order chi connectivity index (χ0) is 13.4. The van der Waals surface area contributed by atoms with E-state index >= 15 is 0 Å². The SMILES string of the molecule is Cc1nc2c(F)cccc2c(N2CCNCC2)c1Cl.Cl. The van der Waals surface area contributed by atoms with E-state index in [0.717, 1.165) is 37.3 Å². The van der Waals surface area contributed by atoms with Gasteiger partial charge in [-0.25, -0.2) is 9.37 Å². The fourth-order valence-corrected chi connectivity index (χ4v) is 2.79. The van der Waals surface area contributed by atoms with E-state index in [2.05, 4.69) is 15.2 Å². The summed E-state index contributed by atoms with van der Waals surface area (Å²) in [6.07, 6.45) is 0. The molecule has 3 nitrogen and oxygen atoms in total. The highest BCUT2D eigenvalue weighted by molar-refractivity contribution is 6.35. The maximum atomic E-state index is 13.9. The summed E-state index contributed by atoms with van der Waals surface area (Å²) in [4.78, 5) is 6.48. The Balaban J connectivity index is 0.00000147. The Bertz CT molecular complexity index is 627. The van der Waals surface area contributed by atoms with Gasteiger partial charge in [0.2, 0.25) is 0 Å². The Kier molecular flexibility index (Phi) is 4.68. The van der Waals surface area contributed by atoms with Crippen LogP contribution in [0.2, 0.25) is 5.02 Å². The number of benzene rings is 1. The molecule has 1 aliphatic rings. The lowest BCUT2D eigenvalue weighted by Gasteiger charge is -2.31. The van der Waals surface area contributed by atoms with Gasteiger partial charge in [-0.15, -0.1) is 12.4 Å². The highest BCUT2D eigenvalue weighted by Crippen LogP contribution is 2.36. The number of rotatable bonds is 1. The lowest BCUT2D eigenvalue weighted by Crippen LogP contribution is -2.43. The minimum absolute atomic E-state index is 0. The summed E-state index contributed by atoms with van der Waals surface area (Å²) in [5.74, 6) is -0.298. The number of anilines is 1. The van der Waals surface area contributed by atoms with Crippen LogP contribution < -0.4 is 10.2 Å². The van der Waals surface area contributed by atoms with E-state index in [4.69, 9.17) is 11.6 Å². The molecular weight excluding hydrogens is 300 g/mol. The number of nitrogens with one attached hydrogen (secondary N) is 1. The Morgan fingerprint density at radius 2 is 2.00 bits per heavy atom. The van der Waals surface area contributed by atoms with Crippen LogP contribution in [0.15, 0.2) is 18.2 Å². The number of fused-ring (bicyclic) bond motifs is 1. The molecule has 0 atom stereocenters. The van der Waals surface area contributed by atoms with Crippen LogP contribution in [-0.2, 0) is 0 Å². The fourth-order valence-electron chi connectivity index (χ4n) is 2.52. The molecule has 1 aliphatic heterocycles. The van der Waals surface area contributed by atoms with Gasteiger partial charge in [0.1, 0.15) is 11.3 Å². The van der Waals surface area contributed by atoms with E-state index in [1.54, 1.807) is 6.07 Å². The van der Waals surface area contributed by atoms with Gasteiger partial charge in [0.15, 0.2) is 0 Å². The molecule has 1 saturated heterocycles. The zero-order valence-electron chi connectivity index (χ0n) is 11.1. The van der Waals surface area contributed by atoms with Gasteiger partial charge in [-0.05, 0) is 13.0 Å². The lowest BCUT2D eigenvalue weighted by molar-refractivity contribution is 0.590. The molecule has 6 heteroatoms. The van der Waals surface area contributed by atoms with Gasteiger partial charge in [0, 0.05) is 31.6 Å². The van der Waals surface area contributed by atoms with Crippen LogP contribution in [0.1, 0.15) is 5.69 Å². The molecule has 0 amide bonds. The molecule has 0 radical (unpaired) electrons. The summed E-state index contributed by atoms with van der Waals surface area (Å²) in [7, 11) is 0. The summed E-state index contributed by atoms with van der Waals surface area (Å²) >= 11 is 6.41. The molecular formula is C14H16Cl2FN3. The molecule has 20 heavy (non-hydrogen) atoms. The van der Waals surface area contributed by atoms with Gasteiger partial charge < -0.3 is 10.2 Å². The first-order chi connectivity index (χ1) is 9.18. The third-order valence-corrected chi connectivity index (χ3v) is 3.93. The highest BCUT2D eigenvalue weighted by Gasteiger charge is 2.20. The topological polar surface area (TPSA) is 28.2 Å². The van der Waals surface area contributed by atoms with E-state index in [0.29, 0.717) is 16.2 Å². The second kappa shape index (κ2) is 6.12. The molecule has 108 valence electrons. The number of halogens is 3. The van der Waals surface area contributed by atoms with Gasteiger partial charge in [-0.3, -0.25) is 0 Å². The van der Waals surface area contributed by atoms with Crippen molar-refractivity contribution in [2.75, 3.05) is 31.1 Å². The minimum Gasteiger partial charge on any atom is -0.367 e. The van der Waals surface area contributed by atoms with Crippen molar-refractivity contribution >= 4 is 40.6 Å². The molecule has 2 heterocycles. The average Bonchev–Trinajstić information content (AvgIpc) is 2.42. The van der Waals surface area contributed by atoms with Crippen molar-refractivity contribution in [3.8, 4) is 0 Å². The van der Waals surface area contributed by atoms with E-state index in [1.165, 1.54) is 6.07 Å². The predicted molar refractivity (Wildman–Crippen MR) is 83.8 cm³/mol. The Hall–Kier alpha value is -1.10. The first-order valence-electron chi connectivity index (χ1n) is 6.38. The third-order valence-electron chi connectivity index (χ3n) is 3.48. The van der Waals surface area contributed by atoms with Crippen molar-refractivity contribution in [1.82, 2.24) is 10.3 Å². The molecule has 1 fully saturated rings. The molecule has 1 aromatic heterocycles. The Morgan fingerprint density at radius 3 is 2.70 bits per heavy atom. The first kappa shape index (κ1) is 15.3. The number of piperazine rings is 1. The molecule has 0 unspecified atom stereocenters. The second-order valence-electron chi connectivity index (χ2n) is 4.73. The van der Waals surface area contributed by atoms with Crippen molar-refractivity contribution in [3.05, 3.63) is 34.7 Å². The molecule has 0 bridgehead atoms. The van der Waals surface area contributed by atoms with E-state index < -0.39 is 0 Å². The molecule has 0 spiro atoms. The summed E-state index contributed by atoms with van der Waals surface area (Å²) < 4.78 is 13.9. The van der Waals surface area contributed by atoms with Gasteiger partial charge in [-0.2, -0.15) is 0 Å². The maximum Gasteiger partial charge on any atom is 0.149 e. The number of hydrogen-bond acceptors (Lipinski definition) is 3. The van der Waals surface area contributed by atoms with E-state index in [1.807, 2.05) is 13.0 Å². The second-order valence-corrected chi connectivity index (χ2v) is 5.11. The van der Waals surface area contributed by atoms with Crippen LogP contribution in [0.5, 0.6) is 0 Å². The van der Waals surface area contributed by atoms with Gasteiger partial charge in [-0.1, -0.05) is 23.7 Å². The van der Waals surface area contributed by atoms with Crippen molar-refractivity contribution in [2.45, 2.75) is 6.92 Å². The highest BCUT2D eigenvalue weighted by atomic mass is 35.5. The smallest absolute Gasteiger partial charge is 0.149 e. The average molecular weight is 316 g/mol. The Labute approximate surface area is 128 Å². The van der Waals surface area contributed by atoms with E-state index in [-0.39, 0.29) is 18.2 Å². The number of aryl methyl sites for hydroxylation is 1. The molecule has 3 rings (SSSR count). The summed E-state index contributed by atoms with van der Waals surface area (Å²) in [6, 6.07) is 5.02. The summed E-state index contributed by atoms with van der Waals surface area (Å²) in [5, 5.41) is 4.72. The largest absolute Gasteiger partial charge is 0.367 e. The van der Waals surface area contributed by atoms with Crippen molar-refractivity contribution in [3.63, 3.8) is 0 Å². The van der Waals surface area contributed by atoms with Gasteiger partial charge in [0.05, 0.1) is 16.4 Å². The zero-order valence-corrected chi connectivity index (χ0v) is 12.7. The minimum atomic E-state index is -0.298. The van der Waals surface area contributed by atoms with Crippen molar-refractivity contribution < 1.29 is 4.39 Å². The number of nitrogens with zero attached hydrogens (tertiary/aromatic N) is 2. The number of pyridine rings is 1. The fraction of sp³-hybridized carbons (Fsp3) is 0.357. The van der Waals surface area contributed by atoms with Gasteiger partial charge in [0.25, 0.3) is 0 Å². The van der Waals surface area contributed by atoms with Crippen molar-refractivity contribution in [1.29, 1.82) is 0 Å². The monoisotopic (exact) mass is 315 g/mol. The predicted octanol–water partition coefficient (Wildman–Crippen LogP) is 3.17. The number of hydrogen-bond donors (Lipinski definition) is 1. The summed E-state index contributed by atoms with van der Waals surface area (Å²) in [6.45, 7) is 5.38. The maximum absolute atomic E-state index is 13.9. The van der Waals surface area contributed by atoms with Crippen LogP contribution in [0.4, 0.5) is 10.1 Å². The first-order valence-corrected chi connectivity index (χ1v) is 6.76. The molecule has 1 aromatic carbocycles. The standard InChI is InChI=1S/C14H15ClFN3.ClH/c1-9-12(15)14(19-7-5-17-6-8-19)10-3-2-4-11(16)13(10)18-9;/h2-4,17H,5-8H2,1H3;1H. The van der Waals surface area contributed by atoms with Crippen LogP contribution in [-0.4, -0.2) is 31.2 Å². The number of aromatic nitrogens is 1.